The van der Waals surface area contributed by atoms with Gasteiger partial charge in [-0.2, -0.15) is 5.10 Å². The van der Waals surface area contributed by atoms with Crippen LogP contribution in [0.2, 0.25) is 0 Å². The second kappa shape index (κ2) is 7.61. The third-order valence-electron chi connectivity index (χ3n) is 3.83. The second-order valence-corrected chi connectivity index (χ2v) is 5.79. The summed E-state index contributed by atoms with van der Waals surface area (Å²) in [6.45, 7) is 2.60. The van der Waals surface area contributed by atoms with Gasteiger partial charge in [0.2, 0.25) is 0 Å². The molecular formula is C19H21N5O. The lowest BCUT2D eigenvalue weighted by molar-refractivity contribution is 0.101. The van der Waals surface area contributed by atoms with Crippen molar-refractivity contribution in [3.05, 3.63) is 71.8 Å². The van der Waals surface area contributed by atoms with Crippen LogP contribution in [-0.4, -0.2) is 27.2 Å². The summed E-state index contributed by atoms with van der Waals surface area (Å²) >= 11 is 0. The molecule has 0 saturated heterocycles. The lowest BCUT2D eigenvalue weighted by Crippen LogP contribution is -2.17. The first kappa shape index (κ1) is 16.7. The van der Waals surface area contributed by atoms with Crippen LogP contribution in [0.1, 0.15) is 21.9 Å². The number of benzene rings is 1. The fraction of sp³-hybridized carbons (Fsp3) is 0.211. The molecule has 0 atom stereocenters. The molecule has 0 bridgehead atoms. The van der Waals surface area contributed by atoms with Crippen molar-refractivity contribution in [3.8, 4) is 0 Å². The van der Waals surface area contributed by atoms with E-state index >= 15 is 0 Å². The number of anilines is 2. The third-order valence-corrected chi connectivity index (χ3v) is 3.83. The van der Waals surface area contributed by atoms with Crippen LogP contribution in [0, 0.1) is 6.92 Å². The van der Waals surface area contributed by atoms with Gasteiger partial charge in [-0.25, -0.2) is 0 Å². The second-order valence-electron chi connectivity index (χ2n) is 5.79. The first-order chi connectivity index (χ1) is 12.1. The van der Waals surface area contributed by atoms with Crippen molar-refractivity contribution in [3.63, 3.8) is 0 Å². The number of amides is 1. The number of aromatic nitrogens is 3. The molecule has 0 unspecified atom stereocenters. The molecule has 25 heavy (non-hydrogen) atoms. The summed E-state index contributed by atoms with van der Waals surface area (Å²) in [6.07, 6.45) is 2.60. The summed E-state index contributed by atoms with van der Waals surface area (Å²) in [5.41, 5.74) is 4.00. The number of hydrogen-bond acceptors (Lipinski definition) is 4. The van der Waals surface area contributed by atoms with Gasteiger partial charge in [-0.15, -0.1) is 0 Å². The van der Waals surface area contributed by atoms with E-state index in [4.69, 9.17) is 0 Å². The van der Waals surface area contributed by atoms with Crippen LogP contribution in [0.5, 0.6) is 0 Å². The van der Waals surface area contributed by atoms with Gasteiger partial charge in [0.15, 0.2) is 0 Å². The van der Waals surface area contributed by atoms with E-state index < -0.39 is 0 Å². The number of pyridine rings is 1. The molecule has 0 spiro atoms. The van der Waals surface area contributed by atoms with E-state index in [0.29, 0.717) is 5.69 Å². The summed E-state index contributed by atoms with van der Waals surface area (Å²) in [6, 6.07) is 15.3. The highest BCUT2D eigenvalue weighted by molar-refractivity contribution is 6.04. The maximum Gasteiger partial charge on any atom is 0.273 e. The zero-order valence-corrected chi connectivity index (χ0v) is 14.4. The van der Waals surface area contributed by atoms with E-state index in [-0.39, 0.29) is 5.91 Å². The van der Waals surface area contributed by atoms with Crippen molar-refractivity contribution >= 4 is 17.3 Å². The Kier molecular flexibility index (Phi) is 5.09. The average molecular weight is 335 g/mol. The zero-order valence-electron chi connectivity index (χ0n) is 14.4. The predicted molar refractivity (Wildman–Crippen MR) is 98.8 cm³/mol. The number of para-hydroxylation sites is 2. The Bertz CT molecular complexity index is 857. The van der Waals surface area contributed by atoms with E-state index in [2.05, 4.69) is 20.7 Å². The van der Waals surface area contributed by atoms with Gasteiger partial charge in [-0.1, -0.05) is 18.2 Å². The molecule has 3 aromatic rings. The molecule has 0 aliphatic rings. The van der Waals surface area contributed by atoms with Crippen molar-refractivity contribution in [1.29, 1.82) is 0 Å². The predicted octanol–water partition coefficient (Wildman–Crippen LogP) is 3.03. The third kappa shape index (κ3) is 4.23. The molecule has 0 fully saturated rings. The first-order valence-corrected chi connectivity index (χ1v) is 8.18. The van der Waals surface area contributed by atoms with Crippen LogP contribution in [0.25, 0.3) is 0 Å². The van der Waals surface area contributed by atoms with Crippen LogP contribution in [0.3, 0.4) is 0 Å². The van der Waals surface area contributed by atoms with Gasteiger partial charge in [0.1, 0.15) is 5.69 Å². The van der Waals surface area contributed by atoms with Crippen molar-refractivity contribution in [1.82, 2.24) is 14.8 Å². The van der Waals surface area contributed by atoms with Gasteiger partial charge < -0.3 is 10.6 Å². The normalized spacial score (nSPS) is 10.5. The van der Waals surface area contributed by atoms with Gasteiger partial charge in [-0.05, 0) is 37.3 Å². The Balaban J connectivity index is 1.66. The van der Waals surface area contributed by atoms with E-state index in [9.17, 15) is 4.79 Å². The number of rotatable bonds is 6. The van der Waals surface area contributed by atoms with Gasteiger partial charge in [0, 0.05) is 31.9 Å². The highest BCUT2D eigenvalue weighted by atomic mass is 16.2. The van der Waals surface area contributed by atoms with Crippen molar-refractivity contribution < 1.29 is 4.79 Å². The van der Waals surface area contributed by atoms with Gasteiger partial charge in [0.05, 0.1) is 17.1 Å². The maximum atomic E-state index is 12.5. The molecule has 0 aliphatic carbocycles. The highest BCUT2D eigenvalue weighted by Gasteiger charge is 2.13. The molecule has 2 N–H and O–H groups in total. The van der Waals surface area contributed by atoms with Crippen molar-refractivity contribution in [2.45, 2.75) is 13.3 Å². The molecule has 6 heteroatoms. The number of nitrogens with one attached hydrogen (secondary N) is 2. The Hall–Kier alpha value is -3.15. The van der Waals surface area contributed by atoms with Gasteiger partial charge >= 0.3 is 0 Å². The Morgan fingerprint density at radius 1 is 1.12 bits per heavy atom. The van der Waals surface area contributed by atoms with Gasteiger partial charge in [-0.3, -0.25) is 14.5 Å². The fourth-order valence-corrected chi connectivity index (χ4v) is 2.63. The van der Waals surface area contributed by atoms with E-state index in [1.807, 2.05) is 49.4 Å². The number of aryl methyl sites for hydroxylation is 2. The summed E-state index contributed by atoms with van der Waals surface area (Å²) in [7, 11) is 1.76. The molecule has 128 valence electrons. The van der Waals surface area contributed by atoms with Crippen LogP contribution in [0.4, 0.5) is 11.4 Å². The molecule has 0 aliphatic heterocycles. The minimum absolute atomic E-state index is 0.179. The molecule has 6 nitrogen and oxygen atoms in total. The molecule has 2 aromatic heterocycles. The molecule has 0 radical (unpaired) electrons. The lowest BCUT2D eigenvalue weighted by Gasteiger charge is -2.13. The maximum absolute atomic E-state index is 12.5. The summed E-state index contributed by atoms with van der Waals surface area (Å²) in [4.78, 5) is 16.8. The summed E-state index contributed by atoms with van der Waals surface area (Å²) < 4.78 is 1.59. The minimum Gasteiger partial charge on any atom is -0.383 e. The van der Waals surface area contributed by atoms with Crippen molar-refractivity contribution in [2.24, 2.45) is 7.05 Å². The van der Waals surface area contributed by atoms with Gasteiger partial charge in [0.25, 0.3) is 5.91 Å². The number of carbonyl (C=O) groups is 1. The van der Waals surface area contributed by atoms with Crippen LogP contribution in [0.15, 0.2) is 54.7 Å². The highest BCUT2D eigenvalue weighted by Crippen LogP contribution is 2.21. The molecular weight excluding hydrogens is 314 g/mol. The Morgan fingerprint density at radius 3 is 2.56 bits per heavy atom. The molecule has 0 saturated carbocycles. The van der Waals surface area contributed by atoms with Crippen LogP contribution >= 0.6 is 0 Å². The molecule has 2 heterocycles. The van der Waals surface area contributed by atoms with E-state index in [1.54, 1.807) is 24.0 Å². The Labute approximate surface area is 146 Å². The first-order valence-electron chi connectivity index (χ1n) is 8.18. The lowest BCUT2D eigenvalue weighted by atomic mass is 10.2. The number of nitrogens with zero attached hydrogens (tertiary/aromatic N) is 3. The minimum atomic E-state index is -0.179. The summed E-state index contributed by atoms with van der Waals surface area (Å²) in [5, 5.41) is 10.5. The standard InChI is InChI=1S/C19H21N5O/c1-14-13-18(24(2)23-14)19(25)22-17-9-4-3-8-16(17)21-12-10-15-7-5-6-11-20-15/h3-9,11,13,21H,10,12H2,1-2H3,(H,22,25). The smallest absolute Gasteiger partial charge is 0.273 e. The van der Waals surface area contributed by atoms with Crippen LogP contribution in [-0.2, 0) is 13.5 Å². The zero-order chi connectivity index (χ0) is 17.6. The monoisotopic (exact) mass is 335 g/mol. The topological polar surface area (TPSA) is 71.8 Å². The van der Waals surface area contributed by atoms with Crippen LogP contribution < -0.4 is 10.6 Å². The molecule has 1 amide bonds. The number of hydrogen-bond donors (Lipinski definition) is 2. The average Bonchev–Trinajstić information content (AvgIpc) is 2.96. The molecule has 1 aromatic carbocycles. The van der Waals surface area contributed by atoms with Crippen molar-refractivity contribution in [2.75, 3.05) is 17.2 Å². The quantitative estimate of drug-likeness (QED) is 0.726. The summed E-state index contributed by atoms with van der Waals surface area (Å²) in [5.74, 6) is -0.179. The fourth-order valence-electron chi connectivity index (χ4n) is 2.63. The largest absolute Gasteiger partial charge is 0.383 e. The number of carbonyl (C=O) groups excluding carboxylic acids is 1. The SMILES string of the molecule is Cc1cc(C(=O)Nc2ccccc2NCCc2ccccn2)n(C)n1. The van der Waals surface area contributed by atoms with E-state index in [1.165, 1.54) is 0 Å². The molecule has 3 rings (SSSR count). The Morgan fingerprint density at radius 2 is 1.88 bits per heavy atom. The van der Waals surface area contributed by atoms with E-state index in [0.717, 1.165) is 35.7 Å².